The van der Waals surface area contributed by atoms with Gasteiger partial charge in [0.15, 0.2) is 0 Å². The van der Waals surface area contributed by atoms with Crippen molar-refractivity contribution in [2.45, 2.75) is 5.75 Å². The summed E-state index contributed by atoms with van der Waals surface area (Å²) in [7, 11) is -3.79. The zero-order chi connectivity index (χ0) is 19.7. The number of hydrogen-bond donors (Lipinski definition) is 1. The first kappa shape index (κ1) is 18.9. The Morgan fingerprint density at radius 2 is 1.79 bits per heavy atom. The molecular weight excluding hydrogens is 419 g/mol. The Kier molecular flexibility index (Phi) is 5.05. The highest BCUT2D eigenvalue weighted by Crippen LogP contribution is 2.35. The molecule has 1 heterocycles. The number of rotatable bonds is 5. The molecule has 0 unspecified atom stereocenters. The van der Waals surface area contributed by atoms with Crippen LogP contribution in [0.5, 0.6) is 0 Å². The number of halogens is 2. The van der Waals surface area contributed by atoms with Gasteiger partial charge in [-0.15, -0.1) is 11.3 Å². The molecule has 0 atom stereocenters. The molecule has 0 spiro atoms. The van der Waals surface area contributed by atoms with E-state index >= 15 is 0 Å². The highest BCUT2D eigenvalue weighted by Gasteiger charge is 2.16. The highest BCUT2D eigenvalue weighted by molar-refractivity contribution is 7.91. The first-order chi connectivity index (χ1) is 13.4. The second-order valence-corrected chi connectivity index (χ2v) is 9.29. The Balaban J connectivity index is 1.58. The quantitative estimate of drug-likeness (QED) is 0.440. The number of hydrogen-bond acceptors (Lipinski definition) is 4. The van der Waals surface area contributed by atoms with Crippen LogP contribution >= 0.6 is 22.9 Å². The molecule has 0 fully saturated rings. The molecule has 4 nitrogen and oxygen atoms in total. The van der Waals surface area contributed by atoms with Crippen LogP contribution in [0.25, 0.3) is 20.8 Å². The molecule has 0 aliphatic rings. The van der Waals surface area contributed by atoms with E-state index in [4.69, 9.17) is 11.6 Å². The van der Waals surface area contributed by atoms with Crippen molar-refractivity contribution in [1.82, 2.24) is 4.98 Å². The van der Waals surface area contributed by atoms with Gasteiger partial charge in [0.05, 0.1) is 26.7 Å². The van der Waals surface area contributed by atoms with Crippen molar-refractivity contribution in [1.29, 1.82) is 0 Å². The number of nitrogens with zero attached hydrogens (tertiary/aromatic N) is 1. The zero-order valence-electron chi connectivity index (χ0n) is 14.4. The fraction of sp³-hybridized carbons (Fsp3) is 0.0500. The third kappa shape index (κ3) is 4.01. The lowest BCUT2D eigenvalue weighted by Crippen LogP contribution is -2.15. The number of anilines is 1. The fourth-order valence-electron chi connectivity index (χ4n) is 2.78. The first-order valence-electron chi connectivity index (χ1n) is 8.31. The topological polar surface area (TPSA) is 59.1 Å². The molecule has 0 bridgehead atoms. The maximum absolute atomic E-state index is 13.7. The standard InChI is InChI=1S/C20H14ClFN2O2S2/c21-16-11-14(24-28(25,26)12-13-5-1-2-6-17(13)22)9-10-15(16)20-23-18-7-3-4-8-19(18)27-20/h1-11,24H,12H2. The Morgan fingerprint density at radius 1 is 1.04 bits per heavy atom. The maximum Gasteiger partial charge on any atom is 0.237 e. The van der Waals surface area contributed by atoms with E-state index in [2.05, 4.69) is 9.71 Å². The predicted octanol–water partition coefficient (Wildman–Crippen LogP) is 5.70. The second kappa shape index (κ2) is 7.50. The summed E-state index contributed by atoms with van der Waals surface area (Å²) in [5.41, 5.74) is 2.02. The average Bonchev–Trinajstić information content (AvgIpc) is 3.07. The fourth-order valence-corrected chi connectivity index (χ4v) is 5.31. The zero-order valence-corrected chi connectivity index (χ0v) is 16.8. The van der Waals surface area contributed by atoms with Crippen LogP contribution in [0.4, 0.5) is 10.1 Å². The predicted molar refractivity (Wildman–Crippen MR) is 113 cm³/mol. The lowest BCUT2D eigenvalue weighted by molar-refractivity contribution is 0.591. The summed E-state index contributed by atoms with van der Waals surface area (Å²) in [4.78, 5) is 4.57. The third-order valence-electron chi connectivity index (χ3n) is 4.07. The van der Waals surface area contributed by atoms with Crippen LogP contribution in [0.1, 0.15) is 5.56 Å². The molecule has 0 saturated heterocycles. The molecule has 0 radical (unpaired) electrons. The summed E-state index contributed by atoms with van der Waals surface area (Å²) >= 11 is 7.89. The summed E-state index contributed by atoms with van der Waals surface area (Å²) in [6.45, 7) is 0. The number of para-hydroxylation sites is 1. The monoisotopic (exact) mass is 432 g/mol. The molecular formula is C20H14ClFN2O2S2. The average molecular weight is 433 g/mol. The van der Waals surface area contributed by atoms with Crippen LogP contribution in [0.3, 0.4) is 0 Å². The second-order valence-electron chi connectivity index (χ2n) is 6.13. The van der Waals surface area contributed by atoms with Gasteiger partial charge in [0, 0.05) is 11.1 Å². The molecule has 0 aliphatic heterocycles. The molecule has 0 amide bonds. The number of benzene rings is 3. The lowest BCUT2D eigenvalue weighted by Gasteiger charge is -2.10. The van der Waals surface area contributed by atoms with Crippen LogP contribution < -0.4 is 4.72 Å². The summed E-state index contributed by atoms with van der Waals surface area (Å²) < 4.78 is 42.0. The Labute approximate surface area is 170 Å². The van der Waals surface area contributed by atoms with Crippen LogP contribution in [0.2, 0.25) is 5.02 Å². The lowest BCUT2D eigenvalue weighted by atomic mass is 10.2. The highest BCUT2D eigenvalue weighted by atomic mass is 35.5. The van der Waals surface area contributed by atoms with E-state index in [0.717, 1.165) is 20.8 Å². The largest absolute Gasteiger partial charge is 0.283 e. The minimum absolute atomic E-state index is 0.104. The van der Waals surface area contributed by atoms with E-state index in [-0.39, 0.29) is 5.56 Å². The van der Waals surface area contributed by atoms with Gasteiger partial charge in [0.1, 0.15) is 10.8 Å². The minimum atomic E-state index is -3.79. The van der Waals surface area contributed by atoms with Crippen molar-refractivity contribution in [3.05, 3.63) is 83.1 Å². The van der Waals surface area contributed by atoms with Gasteiger partial charge in [-0.3, -0.25) is 4.72 Å². The molecule has 1 N–H and O–H groups in total. The van der Waals surface area contributed by atoms with E-state index < -0.39 is 21.6 Å². The number of nitrogens with one attached hydrogen (secondary N) is 1. The molecule has 4 aromatic rings. The molecule has 1 aromatic heterocycles. The summed E-state index contributed by atoms with van der Waals surface area (Å²) in [6.07, 6.45) is 0. The molecule has 142 valence electrons. The van der Waals surface area contributed by atoms with Crippen molar-refractivity contribution >= 4 is 48.9 Å². The van der Waals surface area contributed by atoms with E-state index in [0.29, 0.717) is 10.7 Å². The van der Waals surface area contributed by atoms with Gasteiger partial charge in [0.25, 0.3) is 0 Å². The number of aromatic nitrogens is 1. The van der Waals surface area contributed by atoms with E-state index in [9.17, 15) is 12.8 Å². The Hall–Kier alpha value is -2.48. The summed E-state index contributed by atoms with van der Waals surface area (Å²) in [5.74, 6) is -1.02. The van der Waals surface area contributed by atoms with Gasteiger partial charge < -0.3 is 0 Å². The van der Waals surface area contributed by atoms with Crippen molar-refractivity contribution in [2.24, 2.45) is 0 Å². The Morgan fingerprint density at radius 3 is 2.54 bits per heavy atom. The molecule has 0 aliphatic carbocycles. The minimum Gasteiger partial charge on any atom is -0.283 e. The first-order valence-corrected chi connectivity index (χ1v) is 11.2. The normalized spacial score (nSPS) is 11.6. The van der Waals surface area contributed by atoms with Crippen molar-refractivity contribution in [3.63, 3.8) is 0 Å². The Bertz CT molecular complexity index is 1240. The molecule has 8 heteroatoms. The van der Waals surface area contributed by atoms with Crippen molar-refractivity contribution < 1.29 is 12.8 Å². The van der Waals surface area contributed by atoms with E-state index in [1.165, 1.54) is 35.6 Å². The van der Waals surface area contributed by atoms with Crippen molar-refractivity contribution in [3.8, 4) is 10.6 Å². The van der Waals surface area contributed by atoms with Crippen LogP contribution in [-0.4, -0.2) is 13.4 Å². The van der Waals surface area contributed by atoms with Crippen molar-refractivity contribution in [2.75, 3.05) is 4.72 Å². The summed E-state index contributed by atoms with van der Waals surface area (Å²) in [6, 6.07) is 18.4. The number of sulfonamides is 1. The SMILES string of the molecule is O=S(=O)(Cc1ccccc1F)Nc1ccc(-c2nc3ccccc3s2)c(Cl)c1. The van der Waals surface area contributed by atoms with Gasteiger partial charge >= 0.3 is 0 Å². The van der Waals surface area contributed by atoms with Gasteiger partial charge in [0.2, 0.25) is 10.0 Å². The molecule has 3 aromatic carbocycles. The third-order valence-corrected chi connectivity index (χ3v) is 6.69. The number of thiazole rings is 1. The number of fused-ring (bicyclic) bond motifs is 1. The van der Waals surface area contributed by atoms with E-state index in [1.807, 2.05) is 24.3 Å². The summed E-state index contributed by atoms with van der Waals surface area (Å²) in [5, 5.41) is 1.14. The molecule has 0 saturated carbocycles. The van der Waals surface area contributed by atoms with Gasteiger partial charge in [-0.2, -0.15) is 0 Å². The van der Waals surface area contributed by atoms with E-state index in [1.54, 1.807) is 18.2 Å². The molecule has 4 rings (SSSR count). The van der Waals surface area contributed by atoms with Gasteiger partial charge in [-0.1, -0.05) is 41.9 Å². The van der Waals surface area contributed by atoms with Gasteiger partial charge in [-0.25, -0.2) is 17.8 Å². The maximum atomic E-state index is 13.7. The molecule has 28 heavy (non-hydrogen) atoms. The van der Waals surface area contributed by atoms with Crippen LogP contribution in [0, 0.1) is 5.82 Å². The van der Waals surface area contributed by atoms with Crippen LogP contribution in [0.15, 0.2) is 66.7 Å². The smallest absolute Gasteiger partial charge is 0.237 e. The van der Waals surface area contributed by atoms with Crippen LogP contribution in [-0.2, 0) is 15.8 Å². The van der Waals surface area contributed by atoms with Gasteiger partial charge in [-0.05, 0) is 36.4 Å².